The Hall–Kier alpha value is -2.61. The molecule has 0 bridgehead atoms. The zero-order valence-corrected chi connectivity index (χ0v) is 17.7. The minimum atomic E-state index is -0.347. The van der Waals surface area contributed by atoms with Crippen molar-refractivity contribution in [3.8, 4) is 11.5 Å². The lowest BCUT2D eigenvalue weighted by Gasteiger charge is -2.06. The number of aromatic nitrogens is 2. The van der Waals surface area contributed by atoms with Gasteiger partial charge in [-0.05, 0) is 35.9 Å². The summed E-state index contributed by atoms with van der Waals surface area (Å²) >= 11 is 17.9. The molecule has 10 heteroatoms. The van der Waals surface area contributed by atoms with Crippen LogP contribution >= 0.6 is 34.8 Å². The highest BCUT2D eigenvalue weighted by Gasteiger charge is 2.27. The average molecular weight is 466 g/mol. The predicted molar refractivity (Wildman–Crippen MR) is 114 cm³/mol. The minimum absolute atomic E-state index is 0.299. The number of hydrogen-bond acceptors (Lipinski definition) is 6. The molecule has 1 aliphatic heterocycles. The van der Waals surface area contributed by atoms with Gasteiger partial charge in [0.1, 0.15) is 11.8 Å². The summed E-state index contributed by atoms with van der Waals surface area (Å²) in [5.74, 6) is 0.518. The van der Waals surface area contributed by atoms with Crippen LogP contribution in [0.5, 0.6) is 0 Å². The fourth-order valence-electron chi connectivity index (χ4n) is 2.89. The smallest absolute Gasteiger partial charge is 0.269 e. The Morgan fingerprint density at radius 2 is 2.00 bits per heavy atom. The van der Waals surface area contributed by atoms with Crippen LogP contribution in [0.1, 0.15) is 17.8 Å². The number of benzene rings is 2. The van der Waals surface area contributed by atoms with E-state index in [1.54, 1.807) is 36.4 Å². The number of hydrogen-bond donors (Lipinski definition) is 1. The minimum Gasteiger partial charge on any atom is -0.391 e. The van der Waals surface area contributed by atoms with Crippen molar-refractivity contribution < 1.29 is 14.2 Å². The molecule has 30 heavy (non-hydrogen) atoms. The molecule has 154 valence electrons. The molecule has 0 unspecified atom stereocenters. The van der Waals surface area contributed by atoms with E-state index in [9.17, 15) is 4.79 Å². The summed E-state index contributed by atoms with van der Waals surface area (Å²) in [7, 11) is 0. The molecular formula is C20H15Cl3N4O3. The van der Waals surface area contributed by atoms with Crippen molar-refractivity contribution in [3.05, 3.63) is 68.9 Å². The zero-order chi connectivity index (χ0) is 21.1. The zero-order valence-electron chi connectivity index (χ0n) is 15.4. The molecule has 1 atom stereocenters. The quantitative estimate of drug-likeness (QED) is 0.570. The monoisotopic (exact) mass is 464 g/mol. The van der Waals surface area contributed by atoms with Gasteiger partial charge in [0.05, 0.1) is 16.5 Å². The molecular weight excluding hydrogens is 451 g/mol. The fourth-order valence-corrected chi connectivity index (χ4v) is 3.40. The standard InChI is InChI=1S/C20H15Cl3N4O3/c21-13-3-1-2-12(7-13)20-25-18(27-30-20)9-14-8-17(26-29-14)19(28)24-10-11-4-5-15(22)16(23)6-11/h1-7,14H,8-10H2,(H,24,28)/t14-/m0/s1. The number of amides is 1. The van der Waals surface area contributed by atoms with Crippen LogP contribution in [-0.2, 0) is 22.6 Å². The number of carbonyl (C=O) groups is 1. The highest BCUT2D eigenvalue weighted by molar-refractivity contribution is 6.42. The SMILES string of the molecule is O=C(NCc1ccc(Cl)c(Cl)c1)C1=NO[C@H](Cc2noc(-c3cccc(Cl)c3)n2)C1. The van der Waals surface area contributed by atoms with Gasteiger partial charge in [-0.1, -0.05) is 57.2 Å². The Morgan fingerprint density at radius 3 is 2.80 bits per heavy atom. The molecule has 0 saturated carbocycles. The Balaban J connectivity index is 1.30. The van der Waals surface area contributed by atoms with E-state index in [4.69, 9.17) is 44.2 Å². The lowest BCUT2D eigenvalue weighted by molar-refractivity contribution is -0.115. The largest absolute Gasteiger partial charge is 0.391 e. The molecule has 7 nitrogen and oxygen atoms in total. The molecule has 0 saturated heterocycles. The summed E-state index contributed by atoms with van der Waals surface area (Å²) in [5.41, 5.74) is 1.86. The van der Waals surface area contributed by atoms with Crippen molar-refractivity contribution in [2.24, 2.45) is 5.16 Å². The molecule has 1 aliphatic rings. The van der Waals surface area contributed by atoms with Crippen LogP contribution in [0.4, 0.5) is 0 Å². The van der Waals surface area contributed by atoms with Gasteiger partial charge < -0.3 is 14.7 Å². The molecule has 1 aromatic heterocycles. The van der Waals surface area contributed by atoms with E-state index in [1.165, 1.54) is 0 Å². The first-order valence-electron chi connectivity index (χ1n) is 9.01. The summed E-state index contributed by atoms with van der Waals surface area (Å²) in [6.07, 6.45) is 0.353. The molecule has 2 aromatic carbocycles. The summed E-state index contributed by atoms with van der Waals surface area (Å²) in [5, 5.41) is 12.1. The van der Waals surface area contributed by atoms with E-state index in [1.807, 2.05) is 6.07 Å². The van der Waals surface area contributed by atoms with Crippen molar-refractivity contribution in [2.75, 3.05) is 0 Å². The molecule has 1 N–H and O–H groups in total. The van der Waals surface area contributed by atoms with Gasteiger partial charge in [-0.15, -0.1) is 0 Å². The first-order valence-corrected chi connectivity index (χ1v) is 10.1. The van der Waals surface area contributed by atoms with E-state index in [0.29, 0.717) is 51.9 Å². The van der Waals surface area contributed by atoms with Gasteiger partial charge in [0.2, 0.25) is 0 Å². The molecule has 0 aliphatic carbocycles. The third-order valence-corrected chi connectivity index (χ3v) is 5.36. The molecule has 2 heterocycles. The Bertz CT molecular complexity index is 1120. The van der Waals surface area contributed by atoms with Crippen LogP contribution in [0.15, 0.2) is 52.1 Å². The van der Waals surface area contributed by atoms with Crippen LogP contribution in [0.25, 0.3) is 11.5 Å². The summed E-state index contributed by atoms with van der Waals surface area (Å²) < 4.78 is 5.28. The number of halogens is 3. The first-order chi connectivity index (χ1) is 14.5. The number of rotatable bonds is 6. The first kappa shape index (κ1) is 20.7. The molecule has 1 amide bonds. The molecule has 4 rings (SSSR count). The molecule has 3 aromatic rings. The lowest BCUT2D eigenvalue weighted by Crippen LogP contribution is -2.30. The Labute approximate surface area is 186 Å². The van der Waals surface area contributed by atoms with E-state index >= 15 is 0 Å². The highest BCUT2D eigenvalue weighted by Crippen LogP contribution is 2.23. The molecule has 0 radical (unpaired) electrons. The van der Waals surface area contributed by atoms with E-state index in [-0.39, 0.29) is 12.0 Å². The van der Waals surface area contributed by atoms with Crippen molar-refractivity contribution in [2.45, 2.75) is 25.5 Å². The van der Waals surface area contributed by atoms with Crippen molar-refractivity contribution in [1.29, 1.82) is 0 Å². The fraction of sp³-hybridized carbons (Fsp3) is 0.200. The second-order valence-corrected chi connectivity index (χ2v) is 7.88. The van der Waals surface area contributed by atoms with Gasteiger partial charge in [-0.3, -0.25) is 4.79 Å². The number of nitrogens with one attached hydrogen (secondary N) is 1. The third kappa shape index (κ3) is 4.92. The number of carbonyl (C=O) groups excluding carboxylic acids is 1. The predicted octanol–water partition coefficient (Wildman–Crippen LogP) is 4.70. The summed E-state index contributed by atoms with van der Waals surface area (Å²) in [6, 6.07) is 12.3. The average Bonchev–Trinajstić information content (AvgIpc) is 3.39. The maximum atomic E-state index is 12.3. The maximum Gasteiger partial charge on any atom is 0.269 e. The van der Waals surface area contributed by atoms with E-state index in [2.05, 4.69) is 20.6 Å². The van der Waals surface area contributed by atoms with Crippen LogP contribution in [-0.4, -0.2) is 27.9 Å². The second kappa shape index (κ2) is 9.04. The van der Waals surface area contributed by atoms with Gasteiger partial charge in [0, 0.05) is 23.6 Å². The van der Waals surface area contributed by atoms with Crippen molar-refractivity contribution >= 4 is 46.4 Å². The van der Waals surface area contributed by atoms with Crippen LogP contribution in [0.3, 0.4) is 0 Å². The Kier molecular flexibility index (Phi) is 6.22. The van der Waals surface area contributed by atoms with Crippen molar-refractivity contribution in [1.82, 2.24) is 15.5 Å². The third-order valence-electron chi connectivity index (χ3n) is 4.38. The highest BCUT2D eigenvalue weighted by atomic mass is 35.5. The summed E-state index contributed by atoms with van der Waals surface area (Å²) in [6.45, 7) is 0.299. The molecule has 0 fully saturated rings. The van der Waals surface area contributed by atoms with E-state index < -0.39 is 0 Å². The topological polar surface area (TPSA) is 89.6 Å². The number of oxime groups is 1. The van der Waals surface area contributed by atoms with Crippen LogP contribution in [0.2, 0.25) is 15.1 Å². The van der Waals surface area contributed by atoms with Crippen LogP contribution < -0.4 is 5.32 Å². The van der Waals surface area contributed by atoms with Gasteiger partial charge >= 0.3 is 0 Å². The van der Waals surface area contributed by atoms with Gasteiger partial charge in [-0.2, -0.15) is 4.98 Å². The maximum absolute atomic E-state index is 12.3. The van der Waals surface area contributed by atoms with Gasteiger partial charge in [0.15, 0.2) is 5.82 Å². The normalized spacial score (nSPS) is 15.6. The van der Waals surface area contributed by atoms with Crippen LogP contribution in [0, 0.1) is 0 Å². The van der Waals surface area contributed by atoms with E-state index in [0.717, 1.165) is 11.1 Å². The second-order valence-electron chi connectivity index (χ2n) is 6.63. The number of nitrogens with zero attached hydrogens (tertiary/aromatic N) is 3. The van der Waals surface area contributed by atoms with Gasteiger partial charge in [0.25, 0.3) is 11.8 Å². The van der Waals surface area contributed by atoms with Crippen molar-refractivity contribution in [3.63, 3.8) is 0 Å². The van der Waals surface area contributed by atoms with Gasteiger partial charge in [-0.25, -0.2) is 0 Å². The lowest BCUT2D eigenvalue weighted by atomic mass is 10.1. The summed E-state index contributed by atoms with van der Waals surface area (Å²) in [4.78, 5) is 22.1. The molecule has 0 spiro atoms. The Morgan fingerprint density at radius 1 is 1.13 bits per heavy atom.